The molecule has 7 nitrogen and oxygen atoms in total. The standard InChI is InChI=1S/C23H25N5O2/c1-14-12-27(13-25-14)19-8-9-22-20(11-19)21(10-15(2)28(22)16(3)29)26-18-6-4-17(5-7-18)23(24)30/h4-9,11-13,15,21,26H,10H2,1-3H3,(H2,24,30)/t15-,21+/m1/s1. The van der Waals surface area contributed by atoms with Crippen molar-refractivity contribution >= 4 is 23.2 Å². The molecule has 0 bridgehead atoms. The van der Waals surface area contributed by atoms with Crippen LogP contribution in [-0.4, -0.2) is 27.4 Å². The zero-order chi connectivity index (χ0) is 21.4. The van der Waals surface area contributed by atoms with Crippen molar-refractivity contribution in [2.75, 3.05) is 10.2 Å². The van der Waals surface area contributed by atoms with Gasteiger partial charge in [0.05, 0.1) is 18.1 Å². The van der Waals surface area contributed by atoms with Crippen LogP contribution in [0.25, 0.3) is 5.69 Å². The molecule has 7 heteroatoms. The molecule has 4 rings (SSSR count). The molecule has 1 aromatic heterocycles. The van der Waals surface area contributed by atoms with Gasteiger partial charge in [-0.25, -0.2) is 4.98 Å². The summed E-state index contributed by atoms with van der Waals surface area (Å²) in [5.41, 5.74) is 10.6. The minimum absolute atomic E-state index is 0.00889. The minimum atomic E-state index is -0.449. The van der Waals surface area contributed by atoms with Gasteiger partial charge in [0.15, 0.2) is 0 Å². The van der Waals surface area contributed by atoms with Gasteiger partial charge >= 0.3 is 0 Å². The number of primary amides is 1. The number of imidazole rings is 1. The number of nitrogens with one attached hydrogen (secondary N) is 1. The Balaban J connectivity index is 1.73. The Kier molecular flexibility index (Phi) is 5.03. The molecule has 0 fully saturated rings. The Morgan fingerprint density at radius 1 is 1.17 bits per heavy atom. The van der Waals surface area contributed by atoms with Gasteiger partial charge in [0.2, 0.25) is 11.8 Å². The van der Waals surface area contributed by atoms with Gasteiger partial charge in [-0.3, -0.25) is 9.59 Å². The predicted octanol–water partition coefficient (Wildman–Crippen LogP) is 3.58. The quantitative estimate of drug-likeness (QED) is 0.696. The number of anilines is 2. The van der Waals surface area contributed by atoms with Crippen molar-refractivity contribution in [2.45, 2.75) is 39.3 Å². The third kappa shape index (κ3) is 3.66. The lowest BCUT2D eigenvalue weighted by molar-refractivity contribution is -0.117. The number of fused-ring (bicyclic) bond motifs is 1. The highest BCUT2D eigenvalue weighted by molar-refractivity contribution is 5.94. The van der Waals surface area contributed by atoms with E-state index in [4.69, 9.17) is 5.73 Å². The van der Waals surface area contributed by atoms with E-state index < -0.39 is 5.91 Å². The molecular formula is C23H25N5O2. The van der Waals surface area contributed by atoms with Gasteiger partial charge in [0.25, 0.3) is 0 Å². The third-order valence-corrected chi connectivity index (χ3v) is 5.52. The third-order valence-electron chi connectivity index (χ3n) is 5.52. The summed E-state index contributed by atoms with van der Waals surface area (Å²) in [4.78, 5) is 29.9. The summed E-state index contributed by atoms with van der Waals surface area (Å²) in [5.74, 6) is -0.421. The number of aryl methyl sites for hydroxylation is 1. The van der Waals surface area contributed by atoms with E-state index in [0.29, 0.717) is 5.56 Å². The largest absolute Gasteiger partial charge is 0.378 e. The first-order valence-corrected chi connectivity index (χ1v) is 9.94. The molecule has 3 N–H and O–H groups in total. The lowest BCUT2D eigenvalue weighted by atomic mass is 9.90. The van der Waals surface area contributed by atoms with Gasteiger partial charge in [-0.05, 0) is 62.7 Å². The van der Waals surface area contributed by atoms with Crippen molar-refractivity contribution < 1.29 is 9.59 Å². The first-order valence-electron chi connectivity index (χ1n) is 9.94. The Hall–Kier alpha value is -3.61. The molecule has 2 heterocycles. The van der Waals surface area contributed by atoms with Crippen LogP contribution in [0.4, 0.5) is 11.4 Å². The fourth-order valence-electron chi connectivity index (χ4n) is 4.12. The van der Waals surface area contributed by atoms with Gasteiger partial charge in [-0.15, -0.1) is 0 Å². The van der Waals surface area contributed by atoms with E-state index in [1.54, 1.807) is 25.4 Å². The molecule has 2 atom stereocenters. The summed E-state index contributed by atoms with van der Waals surface area (Å²) >= 11 is 0. The summed E-state index contributed by atoms with van der Waals surface area (Å²) in [7, 11) is 0. The Morgan fingerprint density at radius 3 is 2.50 bits per heavy atom. The molecule has 2 amide bonds. The van der Waals surface area contributed by atoms with E-state index in [0.717, 1.165) is 34.7 Å². The smallest absolute Gasteiger partial charge is 0.248 e. The molecule has 0 saturated heterocycles. The van der Waals surface area contributed by atoms with Crippen LogP contribution in [0.15, 0.2) is 55.0 Å². The first kappa shape index (κ1) is 19.7. The summed E-state index contributed by atoms with van der Waals surface area (Å²) in [5, 5.41) is 3.56. The van der Waals surface area contributed by atoms with E-state index >= 15 is 0 Å². The molecule has 0 radical (unpaired) electrons. The molecule has 30 heavy (non-hydrogen) atoms. The van der Waals surface area contributed by atoms with Crippen LogP contribution in [0.2, 0.25) is 0 Å². The Morgan fingerprint density at radius 2 is 1.90 bits per heavy atom. The lowest BCUT2D eigenvalue weighted by Crippen LogP contribution is -2.43. The van der Waals surface area contributed by atoms with Gasteiger partial charge in [0, 0.05) is 47.4 Å². The number of nitrogens with two attached hydrogens (primary N) is 1. The molecule has 0 spiro atoms. The van der Waals surface area contributed by atoms with Crippen LogP contribution in [0.1, 0.15) is 47.9 Å². The summed E-state index contributed by atoms with van der Waals surface area (Å²) in [6, 6.07) is 13.3. The van der Waals surface area contributed by atoms with Crippen LogP contribution in [-0.2, 0) is 4.79 Å². The zero-order valence-corrected chi connectivity index (χ0v) is 17.3. The van der Waals surface area contributed by atoms with Crippen molar-refractivity contribution in [1.29, 1.82) is 0 Å². The highest BCUT2D eigenvalue weighted by Crippen LogP contribution is 2.40. The predicted molar refractivity (Wildman–Crippen MR) is 117 cm³/mol. The molecule has 0 saturated carbocycles. The minimum Gasteiger partial charge on any atom is -0.378 e. The average molecular weight is 403 g/mol. The highest BCUT2D eigenvalue weighted by Gasteiger charge is 2.32. The van der Waals surface area contributed by atoms with E-state index in [1.807, 2.05) is 46.9 Å². The summed E-state index contributed by atoms with van der Waals surface area (Å²) in [6.45, 7) is 5.61. The summed E-state index contributed by atoms with van der Waals surface area (Å²) < 4.78 is 1.98. The van der Waals surface area contributed by atoms with Crippen LogP contribution in [0.5, 0.6) is 0 Å². The molecule has 0 unspecified atom stereocenters. The molecular weight excluding hydrogens is 378 g/mol. The molecule has 154 valence electrons. The number of nitrogens with zero attached hydrogens (tertiary/aromatic N) is 3. The number of hydrogen-bond acceptors (Lipinski definition) is 4. The van der Waals surface area contributed by atoms with Gasteiger partial charge in [-0.1, -0.05) is 0 Å². The second-order valence-electron chi connectivity index (χ2n) is 7.78. The van der Waals surface area contributed by atoms with E-state index in [9.17, 15) is 9.59 Å². The number of aromatic nitrogens is 2. The fourth-order valence-corrected chi connectivity index (χ4v) is 4.12. The van der Waals surface area contributed by atoms with Crippen LogP contribution in [0, 0.1) is 6.92 Å². The fraction of sp³-hybridized carbons (Fsp3) is 0.261. The van der Waals surface area contributed by atoms with Crippen molar-refractivity contribution in [3.8, 4) is 5.69 Å². The number of amides is 2. The normalized spacial score (nSPS) is 18.0. The van der Waals surface area contributed by atoms with Crippen molar-refractivity contribution in [3.05, 3.63) is 71.8 Å². The molecule has 1 aliphatic rings. The van der Waals surface area contributed by atoms with E-state index in [1.165, 1.54) is 0 Å². The molecule has 0 aliphatic carbocycles. The maximum Gasteiger partial charge on any atom is 0.248 e. The molecule has 2 aromatic carbocycles. The summed E-state index contributed by atoms with van der Waals surface area (Å²) in [6.07, 6.45) is 4.52. The molecule has 3 aromatic rings. The molecule has 1 aliphatic heterocycles. The van der Waals surface area contributed by atoms with Crippen LogP contribution in [0.3, 0.4) is 0 Å². The number of carbonyl (C=O) groups is 2. The van der Waals surface area contributed by atoms with Gasteiger partial charge < -0.3 is 20.5 Å². The van der Waals surface area contributed by atoms with E-state index in [2.05, 4.69) is 23.3 Å². The second-order valence-corrected chi connectivity index (χ2v) is 7.78. The highest BCUT2D eigenvalue weighted by atomic mass is 16.2. The first-order chi connectivity index (χ1) is 14.3. The monoisotopic (exact) mass is 403 g/mol. The number of carbonyl (C=O) groups excluding carboxylic acids is 2. The number of benzene rings is 2. The zero-order valence-electron chi connectivity index (χ0n) is 17.3. The van der Waals surface area contributed by atoms with Crippen molar-refractivity contribution in [3.63, 3.8) is 0 Å². The Labute approximate surface area is 175 Å². The van der Waals surface area contributed by atoms with Crippen molar-refractivity contribution in [2.24, 2.45) is 5.73 Å². The lowest BCUT2D eigenvalue weighted by Gasteiger charge is -2.39. The van der Waals surface area contributed by atoms with Crippen LogP contribution >= 0.6 is 0 Å². The SMILES string of the molecule is CC(=O)N1c2ccc(-n3cnc(C)c3)cc2[C@@H](Nc2ccc(C(N)=O)cc2)C[C@H]1C. The number of rotatable bonds is 4. The van der Waals surface area contributed by atoms with Crippen molar-refractivity contribution in [1.82, 2.24) is 9.55 Å². The number of hydrogen-bond donors (Lipinski definition) is 2. The van der Waals surface area contributed by atoms with Gasteiger partial charge in [0.1, 0.15) is 0 Å². The van der Waals surface area contributed by atoms with Crippen LogP contribution < -0.4 is 16.0 Å². The average Bonchev–Trinajstić information content (AvgIpc) is 3.14. The maximum absolute atomic E-state index is 12.3. The topological polar surface area (TPSA) is 93.2 Å². The maximum atomic E-state index is 12.3. The Bertz CT molecular complexity index is 1100. The van der Waals surface area contributed by atoms with E-state index in [-0.39, 0.29) is 18.0 Å². The second kappa shape index (κ2) is 7.67. The van der Waals surface area contributed by atoms with Gasteiger partial charge in [-0.2, -0.15) is 0 Å².